The van der Waals surface area contributed by atoms with Crippen LogP contribution in [0.5, 0.6) is 0 Å². The summed E-state index contributed by atoms with van der Waals surface area (Å²) in [5.74, 6) is 0.775. The van der Waals surface area contributed by atoms with Gasteiger partial charge in [0.25, 0.3) is 0 Å². The van der Waals surface area contributed by atoms with Crippen molar-refractivity contribution in [1.82, 2.24) is 25.0 Å². The summed E-state index contributed by atoms with van der Waals surface area (Å²) in [6, 6.07) is 7.07. The van der Waals surface area contributed by atoms with Crippen LogP contribution in [0.15, 0.2) is 41.1 Å². The highest BCUT2D eigenvalue weighted by Crippen LogP contribution is 2.18. The molecule has 2 aromatic heterocycles. The van der Waals surface area contributed by atoms with E-state index in [9.17, 15) is 4.79 Å². The van der Waals surface area contributed by atoms with Crippen LogP contribution >= 0.6 is 15.9 Å². The van der Waals surface area contributed by atoms with Gasteiger partial charge in [-0.05, 0) is 34.1 Å². The first-order chi connectivity index (χ1) is 11.8. The van der Waals surface area contributed by atoms with Gasteiger partial charge >= 0.3 is 5.97 Å². The summed E-state index contributed by atoms with van der Waals surface area (Å²) in [4.78, 5) is 16.6. The molecule has 7 nitrogen and oxygen atoms in total. The number of benzene rings is 1. The third-order valence-electron chi connectivity index (χ3n) is 3.44. The molecule has 0 atom stereocenters. The zero-order valence-electron chi connectivity index (χ0n) is 14.2. The fourth-order valence-corrected chi connectivity index (χ4v) is 2.42. The van der Waals surface area contributed by atoms with E-state index in [0.717, 1.165) is 10.2 Å². The Balaban J connectivity index is 1.68. The van der Waals surface area contributed by atoms with Gasteiger partial charge in [-0.15, -0.1) is 0 Å². The summed E-state index contributed by atoms with van der Waals surface area (Å²) in [6.07, 6.45) is 3.49. The molecule has 0 saturated heterocycles. The number of nitrogens with zero attached hydrogens (tertiary/aromatic N) is 4. The van der Waals surface area contributed by atoms with Gasteiger partial charge in [0.15, 0.2) is 18.3 Å². The van der Waals surface area contributed by atoms with Crippen molar-refractivity contribution in [3.8, 4) is 5.69 Å². The second-order valence-electron chi connectivity index (χ2n) is 6.59. The molecule has 3 rings (SSSR count). The van der Waals surface area contributed by atoms with Crippen LogP contribution in [-0.4, -0.2) is 30.9 Å². The first-order valence-corrected chi connectivity index (χ1v) is 8.52. The molecule has 130 valence electrons. The maximum Gasteiger partial charge on any atom is 0.338 e. The second-order valence-corrected chi connectivity index (χ2v) is 7.50. The Morgan fingerprint density at radius 2 is 2.16 bits per heavy atom. The highest BCUT2D eigenvalue weighted by molar-refractivity contribution is 9.10. The molecule has 1 N–H and O–H groups in total. The Hall–Kier alpha value is -2.48. The third-order valence-corrected chi connectivity index (χ3v) is 3.85. The van der Waals surface area contributed by atoms with E-state index in [1.165, 1.54) is 0 Å². The largest absolute Gasteiger partial charge is 0.454 e. The fourth-order valence-electron chi connectivity index (χ4n) is 2.13. The molecule has 0 bridgehead atoms. The number of nitrogens with one attached hydrogen (secondary N) is 1. The van der Waals surface area contributed by atoms with E-state index in [4.69, 9.17) is 4.74 Å². The van der Waals surface area contributed by atoms with Crippen molar-refractivity contribution in [1.29, 1.82) is 0 Å². The first kappa shape index (κ1) is 17.3. The molecular weight excluding hydrogens is 386 g/mol. The molecule has 0 spiro atoms. The van der Waals surface area contributed by atoms with Crippen molar-refractivity contribution in [2.75, 3.05) is 0 Å². The smallest absolute Gasteiger partial charge is 0.338 e. The molecule has 0 radical (unpaired) electrons. The minimum atomic E-state index is -0.429. The van der Waals surface area contributed by atoms with E-state index in [2.05, 4.69) is 36.2 Å². The average Bonchev–Trinajstić information content (AvgIpc) is 3.21. The average molecular weight is 404 g/mol. The minimum Gasteiger partial charge on any atom is -0.454 e. The first-order valence-electron chi connectivity index (χ1n) is 7.72. The zero-order valence-corrected chi connectivity index (χ0v) is 15.7. The lowest BCUT2D eigenvalue weighted by molar-refractivity contribution is 0.0462. The quantitative estimate of drug-likeness (QED) is 0.674. The number of aromatic nitrogens is 5. The Morgan fingerprint density at radius 1 is 1.36 bits per heavy atom. The summed E-state index contributed by atoms with van der Waals surface area (Å²) >= 11 is 3.35. The van der Waals surface area contributed by atoms with Gasteiger partial charge in [0.1, 0.15) is 0 Å². The maximum atomic E-state index is 12.3. The predicted octanol–water partition coefficient (Wildman–Crippen LogP) is 3.41. The van der Waals surface area contributed by atoms with E-state index in [1.54, 1.807) is 29.1 Å². The minimum absolute atomic E-state index is 0.0411. The summed E-state index contributed by atoms with van der Waals surface area (Å²) in [5, 5.41) is 11.2. The number of hydrogen-bond donors (Lipinski definition) is 1. The molecule has 3 aromatic rings. The van der Waals surface area contributed by atoms with Crippen molar-refractivity contribution in [2.24, 2.45) is 0 Å². The molecule has 1 aromatic carbocycles. The molecule has 0 aliphatic rings. The lowest BCUT2D eigenvalue weighted by Crippen LogP contribution is -2.13. The number of aromatic amines is 1. The van der Waals surface area contributed by atoms with Crippen molar-refractivity contribution in [3.05, 3.63) is 58.3 Å². The van der Waals surface area contributed by atoms with Crippen LogP contribution in [0.25, 0.3) is 5.69 Å². The summed E-state index contributed by atoms with van der Waals surface area (Å²) in [6.45, 7) is 6.10. The van der Waals surface area contributed by atoms with Crippen LogP contribution in [0.4, 0.5) is 0 Å². The highest BCUT2D eigenvalue weighted by atomic mass is 79.9. The third kappa shape index (κ3) is 4.14. The van der Waals surface area contributed by atoms with E-state index < -0.39 is 5.97 Å². The van der Waals surface area contributed by atoms with Gasteiger partial charge in [-0.1, -0.05) is 26.8 Å². The molecule has 0 saturated carbocycles. The van der Waals surface area contributed by atoms with Crippen LogP contribution in [0.3, 0.4) is 0 Å². The lowest BCUT2D eigenvalue weighted by atomic mass is 9.96. The second kappa shape index (κ2) is 6.79. The fraction of sp³-hybridized carbons (Fsp3) is 0.294. The van der Waals surface area contributed by atoms with Gasteiger partial charge in [0.05, 0.1) is 21.9 Å². The molecule has 25 heavy (non-hydrogen) atoms. The number of hydrogen-bond acceptors (Lipinski definition) is 5. The van der Waals surface area contributed by atoms with Crippen LogP contribution in [0.2, 0.25) is 0 Å². The van der Waals surface area contributed by atoms with Crippen molar-refractivity contribution >= 4 is 21.9 Å². The SMILES string of the molecule is CC(C)(C)c1n[nH]c(COC(=O)c2cccc(-n3cc(Br)cn3)c2)n1. The van der Waals surface area contributed by atoms with Crippen molar-refractivity contribution in [3.63, 3.8) is 0 Å². The number of H-pyrrole nitrogens is 1. The van der Waals surface area contributed by atoms with Crippen molar-refractivity contribution in [2.45, 2.75) is 32.8 Å². The standard InChI is InChI=1S/C17H18BrN5O2/c1-17(2,3)16-20-14(21-22-16)10-25-15(24)11-5-4-6-13(7-11)23-9-12(18)8-19-23/h4-9H,10H2,1-3H3,(H,20,21,22). The summed E-state index contributed by atoms with van der Waals surface area (Å²) in [5.41, 5.74) is 1.06. The maximum absolute atomic E-state index is 12.3. The Kier molecular flexibility index (Phi) is 4.71. The molecule has 0 amide bonds. The zero-order chi connectivity index (χ0) is 18.0. The van der Waals surface area contributed by atoms with Gasteiger partial charge in [-0.2, -0.15) is 10.2 Å². The molecular formula is C17H18BrN5O2. The van der Waals surface area contributed by atoms with E-state index in [0.29, 0.717) is 17.2 Å². The molecule has 8 heteroatoms. The van der Waals surface area contributed by atoms with Gasteiger partial charge in [-0.25, -0.2) is 14.5 Å². The normalized spacial score (nSPS) is 11.5. The highest BCUT2D eigenvalue weighted by Gasteiger charge is 2.19. The van der Waals surface area contributed by atoms with Crippen molar-refractivity contribution < 1.29 is 9.53 Å². The molecule has 2 heterocycles. The van der Waals surface area contributed by atoms with Crippen LogP contribution < -0.4 is 0 Å². The van der Waals surface area contributed by atoms with E-state index >= 15 is 0 Å². The predicted molar refractivity (Wildman–Crippen MR) is 95.5 cm³/mol. The van der Waals surface area contributed by atoms with Gasteiger partial charge in [0.2, 0.25) is 0 Å². The number of carbonyl (C=O) groups is 1. The van der Waals surface area contributed by atoms with Crippen LogP contribution in [-0.2, 0) is 16.8 Å². The Morgan fingerprint density at radius 3 is 2.80 bits per heavy atom. The summed E-state index contributed by atoms with van der Waals surface area (Å²) in [7, 11) is 0. The van der Waals surface area contributed by atoms with E-state index in [-0.39, 0.29) is 12.0 Å². The lowest BCUT2D eigenvalue weighted by Gasteiger charge is -2.11. The molecule has 0 unspecified atom stereocenters. The van der Waals surface area contributed by atoms with Gasteiger partial charge in [0, 0.05) is 11.6 Å². The number of ether oxygens (including phenoxy) is 1. The Bertz CT molecular complexity index is 894. The van der Waals surface area contributed by atoms with Crippen LogP contribution in [0, 0.1) is 0 Å². The van der Waals surface area contributed by atoms with E-state index in [1.807, 2.05) is 33.0 Å². The monoisotopic (exact) mass is 403 g/mol. The number of carbonyl (C=O) groups excluding carboxylic acids is 1. The van der Waals surface area contributed by atoms with Crippen LogP contribution in [0.1, 0.15) is 42.8 Å². The number of rotatable bonds is 4. The molecule has 0 aliphatic heterocycles. The Labute approximate surface area is 153 Å². The number of halogens is 1. The number of esters is 1. The van der Waals surface area contributed by atoms with Gasteiger partial charge < -0.3 is 4.74 Å². The molecule has 0 fully saturated rings. The topological polar surface area (TPSA) is 85.7 Å². The molecule has 0 aliphatic carbocycles. The van der Waals surface area contributed by atoms with Gasteiger partial charge in [-0.3, -0.25) is 5.10 Å². The summed E-state index contributed by atoms with van der Waals surface area (Å²) < 4.78 is 7.86.